The topological polar surface area (TPSA) is 20.2 Å². The van der Waals surface area contributed by atoms with E-state index in [2.05, 4.69) is 32.0 Å². The molecule has 0 bridgehead atoms. The van der Waals surface area contributed by atoms with Crippen LogP contribution in [0.5, 0.6) is 0 Å². The lowest BCUT2D eigenvalue weighted by molar-refractivity contribution is -0.00566. The summed E-state index contributed by atoms with van der Waals surface area (Å²) in [5.41, 5.74) is 4.69. The molecule has 27 heavy (non-hydrogen) atoms. The van der Waals surface area contributed by atoms with Crippen molar-refractivity contribution in [3.63, 3.8) is 0 Å². The number of hydrogen-bond donors (Lipinski definition) is 1. The molecule has 0 aromatic heterocycles. The fourth-order valence-electron chi connectivity index (χ4n) is 4.47. The van der Waals surface area contributed by atoms with Gasteiger partial charge in [-0.15, -0.1) is 0 Å². The van der Waals surface area contributed by atoms with E-state index in [1.165, 1.54) is 48.8 Å². The van der Waals surface area contributed by atoms with E-state index in [9.17, 15) is 5.11 Å². The van der Waals surface area contributed by atoms with Crippen LogP contribution in [0.4, 0.5) is 0 Å². The zero-order chi connectivity index (χ0) is 19.3. The zero-order valence-corrected chi connectivity index (χ0v) is 17.6. The van der Waals surface area contributed by atoms with Gasteiger partial charge in [-0.3, -0.25) is 0 Å². The van der Waals surface area contributed by atoms with Gasteiger partial charge in [0.1, 0.15) is 0 Å². The number of hydrogen-bond acceptors (Lipinski definition) is 1. The summed E-state index contributed by atoms with van der Waals surface area (Å²) in [4.78, 5) is 0. The molecule has 0 spiro atoms. The molecule has 1 aliphatic rings. The average Bonchev–Trinajstić information content (AvgIpc) is 2.67. The molecule has 2 heteroatoms. The highest BCUT2D eigenvalue weighted by Gasteiger charge is 2.35. The minimum atomic E-state index is -0.699. The van der Waals surface area contributed by atoms with E-state index in [4.69, 9.17) is 11.6 Å². The molecule has 1 nitrogen and oxygen atoms in total. The van der Waals surface area contributed by atoms with Crippen molar-refractivity contribution in [3.05, 3.63) is 69.7 Å². The van der Waals surface area contributed by atoms with Crippen LogP contribution in [-0.2, 0) is 12.0 Å². The van der Waals surface area contributed by atoms with Crippen LogP contribution in [0.25, 0.3) is 0 Å². The summed E-state index contributed by atoms with van der Waals surface area (Å²) < 4.78 is 0. The number of halogens is 1. The molecule has 0 aliphatic heterocycles. The molecule has 1 fully saturated rings. The molecule has 0 radical (unpaired) electrons. The van der Waals surface area contributed by atoms with Gasteiger partial charge in [-0.2, -0.15) is 0 Å². The Kier molecular flexibility index (Phi) is 7.00. The van der Waals surface area contributed by atoms with E-state index in [1.54, 1.807) is 0 Å². The van der Waals surface area contributed by atoms with E-state index >= 15 is 0 Å². The first-order chi connectivity index (χ1) is 13.0. The van der Waals surface area contributed by atoms with E-state index in [-0.39, 0.29) is 0 Å². The van der Waals surface area contributed by atoms with Gasteiger partial charge in [-0.05, 0) is 85.8 Å². The van der Waals surface area contributed by atoms with Crippen molar-refractivity contribution >= 4 is 11.6 Å². The Morgan fingerprint density at radius 3 is 2.33 bits per heavy atom. The molecule has 1 saturated carbocycles. The minimum Gasteiger partial charge on any atom is -0.385 e. The highest BCUT2D eigenvalue weighted by atomic mass is 35.5. The maximum Gasteiger partial charge on any atom is 0.0897 e. The lowest BCUT2D eigenvalue weighted by atomic mass is 9.73. The lowest BCUT2D eigenvalue weighted by Crippen LogP contribution is -2.30. The second kappa shape index (κ2) is 9.26. The van der Waals surface area contributed by atoms with E-state index < -0.39 is 5.60 Å². The summed E-state index contributed by atoms with van der Waals surface area (Å²) in [7, 11) is 0. The third-order valence-electron chi connectivity index (χ3n) is 6.33. The normalized spacial score (nSPS) is 22.7. The Morgan fingerprint density at radius 1 is 1.00 bits per heavy atom. The van der Waals surface area contributed by atoms with Gasteiger partial charge in [0.15, 0.2) is 0 Å². The molecular formula is C25H33ClO. The highest BCUT2D eigenvalue weighted by Crippen LogP contribution is 2.43. The van der Waals surface area contributed by atoms with Gasteiger partial charge < -0.3 is 5.11 Å². The molecule has 0 saturated heterocycles. The Morgan fingerprint density at radius 2 is 1.70 bits per heavy atom. The Bertz CT molecular complexity index is 726. The first-order valence-electron chi connectivity index (χ1n) is 10.6. The van der Waals surface area contributed by atoms with Crippen molar-refractivity contribution in [2.45, 2.75) is 83.2 Å². The van der Waals surface area contributed by atoms with Crippen molar-refractivity contribution in [1.82, 2.24) is 0 Å². The van der Waals surface area contributed by atoms with Gasteiger partial charge in [0.2, 0.25) is 0 Å². The quantitative estimate of drug-likeness (QED) is 0.496. The minimum absolute atomic E-state index is 0.561. The molecule has 0 unspecified atom stereocenters. The molecule has 3 rings (SSSR count). The van der Waals surface area contributed by atoms with Crippen LogP contribution < -0.4 is 0 Å². The second-order valence-electron chi connectivity index (χ2n) is 8.31. The van der Waals surface area contributed by atoms with Crippen LogP contribution in [-0.4, -0.2) is 5.11 Å². The van der Waals surface area contributed by atoms with Crippen LogP contribution in [0.2, 0.25) is 5.02 Å². The molecule has 0 amide bonds. The van der Waals surface area contributed by atoms with Gasteiger partial charge in [-0.25, -0.2) is 0 Å². The SMILES string of the molecule is CCCCCCc1ccc(C2CCC(O)(c3ccc(Cl)cc3)CC2)cc1C. The maximum atomic E-state index is 11.1. The van der Waals surface area contributed by atoms with E-state index in [0.717, 1.165) is 36.3 Å². The molecule has 2 aromatic rings. The molecular weight excluding hydrogens is 352 g/mol. The second-order valence-corrected chi connectivity index (χ2v) is 8.75. The predicted molar refractivity (Wildman–Crippen MR) is 116 cm³/mol. The van der Waals surface area contributed by atoms with E-state index in [0.29, 0.717) is 5.92 Å². The summed E-state index contributed by atoms with van der Waals surface area (Å²) in [5.74, 6) is 0.561. The van der Waals surface area contributed by atoms with Crippen molar-refractivity contribution < 1.29 is 5.11 Å². The van der Waals surface area contributed by atoms with Crippen molar-refractivity contribution in [1.29, 1.82) is 0 Å². The van der Waals surface area contributed by atoms with Crippen LogP contribution in [0, 0.1) is 6.92 Å². The van der Waals surface area contributed by atoms with Gasteiger partial charge in [0.05, 0.1) is 5.60 Å². The third kappa shape index (κ3) is 5.15. The highest BCUT2D eigenvalue weighted by molar-refractivity contribution is 6.30. The summed E-state index contributed by atoms with van der Waals surface area (Å²) in [5, 5.41) is 11.8. The van der Waals surface area contributed by atoms with Crippen LogP contribution in [0.3, 0.4) is 0 Å². The number of aryl methyl sites for hydroxylation is 2. The standard InChI is InChI=1S/C25H33ClO/c1-3-4-5-6-7-20-8-9-22(18-19(20)2)21-14-16-25(27,17-15-21)23-10-12-24(26)13-11-23/h8-13,18,21,27H,3-7,14-17H2,1-2H3. The Balaban J connectivity index is 1.60. The molecule has 1 N–H and O–H groups in total. The molecule has 2 aromatic carbocycles. The largest absolute Gasteiger partial charge is 0.385 e. The van der Waals surface area contributed by atoms with Crippen LogP contribution >= 0.6 is 11.6 Å². The fourth-order valence-corrected chi connectivity index (χ4v) is 4.60. The van der Waals surface area contributed by atoms with Gasteiger partial charge >= 0.3 is 0 Å². The first-order valence-corrected chi connectivity index (χ1v) is 11.0. The van der Waals surface area contributed by atoms with Crippen LogP contribution in [0.1, 0.15) is 86.5 Å². The number of aliphatic hydroxyl groups is 1. The molecule has 1 aliphatic carbocycles. The maximum absolute atomic E-state index is 11.1. The van der Waals surface area contributed by atoms with Crippen molar-refractivity contribution in [2.24, 2.45) is 0 Å². The summed E-state index contributed by atoms with van der Waals surface area (Å²) in [6.07, 6.45) is 10.2. The van der Waals surface area contributed by atoms with Gasteiger partial charge in [-0.1, -0.05) is 68.1 Å². The number of rotatable bonds is 7. The van der Waals surface area contributed by atoms with Gasteiger partial charge in [0, 0.05) is 5.02 Å². The van der Waals surface area contributed by atoms with E-state index in [1.807, 2.05) is 24.3 Å². The Labute approximate surface area is 169 Å². The fraction of sp³-hybridized carbons (Fsp3) is 0.520. The monoisotopic (exact) mass is 384 g/mol. The number of benzene rings is 2. The summed E-state index contributed by atoms with van der Waals surface area (Å²) >= 11 is 5.99. The van der Waals surface area contributed by atoms with Crippen LogP contribution in [0.15, 0.2) is 42.5 Å². The molecule has 0 atom stereocenters. The first kappa shape index (κ1) is 20.4. The smallest absolute Gasteiger partial charge is 0.0897 e. The van der Waals surface area contributed by atoms with Crippen molar-refractivity contribution in [2.75, 3.05) is 0 Å². The average molecular weight is 385 g/mol. The van der Waals surface area contributed by atoms with Gasteiger partial charge in [0.25, 0.3) is 0 Å². The Hall–Kier alpha value is -1.31. The predicted octanol–water partition coefficient (Wildman–Crippen LogP) is 7.32. The third-order valence-corrected chi connectivity index (χ3v) is 6.58. The summed E-state index contributed by atoms with van der Waals surface area (Å²) in [6.45, 7) is 4.52. The molecule has 146 valence electrons. The molecule has 0 heterocycles. The number of unbranched alkanes of at least 4 members (excludes halogenated alkanes) is 3. The zero-order valence-electron chi connectivity index (χ0n) is 16.8. The van der Waals surface area contributed by atoms with Crippen molar-refractivity contribution in [3.8, 4) is 0 Å². The summed E-state index contributed by atoms with van der Waals surface area (Å²) in [6, 6.07) is 14.8. The lowest BCUT2D eigenvalue weighted by Gasteiger charge is -2.37.